The third kappa shape index (κ3) is 5.97. The van der Waals surface area contributed by atoms with Crippen LogP contribution in [-0.2, 0) is 12.8 Å². The van der Waals surface area contributed by atoms with Crippen LogP contribution in [0.5, 0.6) is 5.75 Å². The zero-order valence-corrected chi connectivity index (χ0v) is 22.0. The van der Waals surface area contributed by atoms with Gasteiger partial charge in [0.1, 0.15) is 5.75 Å². The summed E-state index contributed by atoms with van der Waals surface area (Å²) in [7, 11) is 0. The Morgan fingerprint density at radius 3 is 2.64 bits per heavy atom. The van der Waals surface area contributed by atoms with Gasteiger partial charge in [-0.15, -0.1) is 0 Å². The van der Waals surface area contributed by atoms with Gasteiger partial charge in [-0.05, 0) is 74.2 Å². The van der Waals surface area contributed by atoms with E-state index in [1.54, 1.807) is 18.2 Å². The Bertz CT molecular complexity index is 1590. The van der Waals surface area contributed by atoms with Crippen molar-refractivity contribution >= 4 is 22.7 Å². The van der Waals surface area contributed by atoms with Crippen LogP contribution < -0.4 is 15.4 Å². The minimum Gasteiger partial charge on any atom is -0.490 e. The molecule has 4 N–H and O–H groups in total. The number of H-pyrrole nitrogens is 1. The number of carbonyl (C=O) groups excluding carboxylic acids is 2. The number of aliphatic hydroxyl groups excluding tert-OH is 1. The maximum atomic E-state index is 13.4. The van der Waals surface area contributed by atoms with Crippen LogP contribution >= 0.6 is 0 Å². The fourth-order valence-corrected chi connectivity index (χ4v) is 4.77. The predicted octanol–water partition coefficient (Wildman–Crippen LogP) is 3.97. The second-order valence-electron chi connectivity index (χ2n) is 9.92. The average Bonchev–Trinajstić information content (AvgIpc) is 3.34. The number of hydrogen-bond acceptors (Lipinski definition) is 4. The van der Waals surface area contributed by atoms with Gasteiger partial charge in [-0.1, -0.05) is 36.1 Å². The van der Waals surface area contributed by atoms with Gasteiger partial charge in [-0.2, -0.15) is 0 Å². The highest BCUT2D eigenvalue weighted by Crippen LogP contribution is 2.23. The van der Waals surface area contributed by atoms with E-state index in [9.17, 15) is 14.7 Å². The summed E-state index contributed by atoms with van der Waals surface area (Å²) < 4.78 is 5.92. The van der Waals surface area contributed by atoms with E-state index in [0.29, 0.717) is 35.4 Å². The maximum Gasteiger partial charge on any atom is 0.255 e. The summed E-state index contributed by atoms with van der Waals surface area (Å²) in [5.74, 6) is 6.24. The molecule has 7 heteroatoms. The molecule has 1 aromatic heterocycles. The van der Waals surface area contributed by atoms with E-state index < -0.39 is 6.04 Å². The lowest BCUT2D eigenvalue weighted by Crippen LogP contribution is -2.39. The highest BCUT2D eigenvalue weighted by Gasteiger charge is 2.20. The number of aromatic amines is 1. The van der Waals surface area contributed by atoms with E-state index in [0.717, 1.165) is 34.0 Å². The van der Waals surface area contributed by atoms with E-state index >= 15 is 0 Å². The van der Waals surface area contributed by atoms with Crippen molar-refractivity contribution in [2.24, 2.45) is 0 Å². The molecule has 2 amide bonds. The van der Waals surface area contributed by atoms with Crippen LogP contribution in [0.4, 0.5) is 0 Å². The summed E-state index contributed by atoms with van der Waals surface area (Å²) >= 11 is 0. The molecule has 0 saturated heterocycles. The summed E-state index contributed by atoms with van der Waals surface area (Å²) in [6.45, 7) is 4.23. The van der Waals surface area contributed by atoms with Gasteiger partial charge in [0, 0.05) is 40.3 Å². The summed E-state index contributed by atoms with van der Waals surface area (Å²) in [6.07, 6.45) is 3.06. The fourth-order valence-electron chi connectivity index (χ4n) is 4.77. The molecular formula is C32H31N3O4. The van der Waals surface area contributed by atoms with Gasteiger partial charge in [-0.3, -0.25) is 9.59 Å². The van der Waals surface area contributed by atoms with Crippen molar-refractivity contribution in [1.29, 1.82) is 0 Å². The molecule has 1 aliphatic heterocycles. The quantitative estimate of drug-likeness (QED) is 0.276. The largest absolute Gasteiger partial charge is 0.490 e. The number of amides is 2. The molecule has 0 aliphatic carbocycles. The Morgan fingerprint density at radius 2 is 1.85 bits per heavy atom. The van der Waals surface area contributed by atoms with Crippen LogP contribution in [0, 0.1) is 11.8 Å². The minimum atomic E-state index is -0.486. The van der Waals surface area contributed by atoms with Gasteiger partial charge in [0.05, 0.1) is 24.3 Å². The van der Waals surface area contributed by atoms with Crippen LogP contribution in [0.25, 0.3) is 10.9 Å². The number of aliphatic hydroxyl groups is 1. The zero-order valence-electron chi connectivity index (χ0n) is 22.0. The number of rotatable bonds is 7. The van der Waals surface area contributed by atoms with Gasteiger partial charge in [0.2, 0.25) is 0 Å². The molecule has 39 heavy (non-hydrogen) atoms. The number of carbonyl (C=O) groups is 2. The Hall–Kier alpha value is -4.54. The lowest BCUT2D eigenvalue weighted by Gasteiger charge is -2.19. The van der Waals surface area contributed by atoms with Crippen LogP contribution in [0.15, 0.2) is 66.9 Å². The molecule has 0 fully saturated rings. The van der Waals surface area contributed by atoms with Crippen molar-refractivity contribution in [1.82, 2.24) is 15.6 Å². The van der Waals surface area contributed by atoms with Gasteiger partial charge in [0.15, 0.2) is 0 Å². The van der Waals surface area contributed by atoms with Gasteiger partial charge >= 0.3 is 0 Å². The molecule has 0 unspecified atom stereocenters. The van der Waals surface area contributed by atoms with Crippen molar-refractivity contribution in [3.8, 4) is 17.6 Å². The minimum absolute atomic E-state index is 0.0832. The monoisotopic (exact) mass is 521 g/mol. The molecule has 5 rings (SSSR count). The highest BCUT2D eigenvalue weighted by molar-refractivity contribution is 5.98. The first-order valence-corrected chi connectivity index (χ1v) is 13.1. The first-order chi connectivity index (χ1) is 18.9. The maximum absolute atomic E-state index is 13.4. The fraction of sp³-hybridized carbons (Fsp3) is 0.250. The van der Waals surface area contributed by atoms with Crippen LogP contribution in [0.1, 0.15) is 56.8 Å². The van der Waals surface area contributed by atoms with Crippen molar-refractivity contribution in [3.63, 3.8) is 0 Å². The van der Waals surface area contributed by atoms with E-state index in [-0.39, 0.29) is 24.5 Å². The van der Waals surface area contributed by atoms with E-state index in [1.165, 1.54) is 0 Å². The van der Waals surface area contributed by atoms with Crippen molar-refractivity contribution in [2.75, 3.05) is 13.2 Å². The highest BCUT2D eigenvalue weighted by atomic mass is 16.5. The molecule has 7 nitrogen and oxygen atoms in total. The topological polar surface area (TPSA) is 103 Å². The number of aromatic nitrogens is 1. The summed E-state index contributed by atoms with van der Waals surface area (Å²) in [6, 6.07) is 18.4. The number of ether oxygens (including phenoxy) is 1. The average molecular weight is 522 g/mol. The van der Waals surface area contributed by atoms with Gasteiger partial charge in [-0.25, -0.2) is 0 Å². The van der Waals surface area contributed by atoms with Gasteiger partial charge in [0.25, 0.3) is 11.8 Å². The normalized spacial score (nSPS) is 13.3. The summed E-state index contributed by atoms with van der Waals surface area (Å²) in [5.41, 5.74) is 5.39. The molecule has 4 aromatic rings. The molecule has 198 valence electrons. The molecule has 0 bridgehead atoms. The molecular weight excluding hydrogens is 490 g/mol. The van der Waals surface area contributed by atoms with Gasteiger partial charge < -0.3 is 25.5 Å². The Balaban J connectivity index is 1.38. The van der Waals surface area contributed by atoms with Crippen molar-refractivity contribution < 1.29 is 19.4 Å². The van der Waals surface area contributed by atoms with E-state index in [4.69, 9.17) is 4.74 Å². The number of fused-ring (bicyclic) bond motifs is 2. The molecule has 2 heterocycles. The number of hydrogen-bond donors (Lipinski definition) is 4. The number of para-hydroxylation sites is 1. The third-order valence-corrected chi connectivity index (χ3v) is 6.67. The summed E-state index contributed by atoms with van der Waals surface area (Å²) in [5, 5.41) is 17.0. The zero-order chi connectivity index (χ0) is 27.4. The molecule has 1 atom stereocenters. The van der Waals surface area contributed by atoms with Crippen molar-refractivity contribution in [3.05, 3.63) is 100 Å². The lowest BCUT2D eigenvalue weighted by atomic mass is 9.98. The van der Waals surface area contributed by atoms with Crippen LogP contribution in [0.3, 0.4) is 0 Å². The second-order valence-corrected chi connectivity index (χ2v) is 9.92. The molecule has 0 saturated carbocycles. The van der Waals surface area contributed by atoms with Crippen LogP contribution in [0.2, 0.25) is 0 Å². The second kappa shape index (κ2) is 11.5. The molecule has 0 spiro atoms. The SMILES string of the molecule is CC(C)Oc1ccc(C#Cc2ccc3c(c2)C(=O)NCC3)cc1C(=O)N[C@@H](CO)Cc1c[nH]c2ccccc12. The lowest BCUT2D eigenvalue weighted by molar-refractivity contribution is 0.0909. The number of nitrogens with one attached hydrogen (secondary N) is 3. The Kier molecular flexibility index (Phi) is 7.67. The molecule has 1 aliphatic rings. The van der Waals surface area contributed by atoms with E-state index in [1.807, 2.05) is 62.5 Å². The Labute approximate surface area is 227 Å². The first-order valence-electron chi connectivity index (χ1n) is 13.1. The summed E-state index contributed by atoms with van der Waals surface area (Å²) in [4.78, 5) is 28.9. The number of benzene rings is 3. The predicted molar refractivity (Wildman–Crippen MR) is 151 cm³/mol. The van der Waals surface area contributed by atoms with Crippen LogP contribution in [-0.4, -0.2) is 47.2 Å². The van der Waals surface area contributed by atoms with E-state index in [2.05, 4.69) is 27.5 Å². The first kappa shape index (κ1) is 26.1. The standard InChI is InChI=1S/C32H31N3O4/c1-20(2)39-30-12-10-22(8-7-21-9-11-23-13-14-33-31(37)27(23)15-21)16-28(30)32(38)35-25(19-36)17-24-18-34-29-6-4-3-5-26(24)29/h3-6,9-12,15-16,18,20,25,34,36H,13-14,17,19H2,1-2H3,(H,33,37)(H,35,38)/t25-/m1/s1. The Morgan fingerprint density at radius 1 is 1.08 bits per heavy atom. The molecule has 0 radical (unpaired) electrons. The molecule has 3 aromatic carbocycles. The smallest absolute Gasteiger partial charge is 0.255 e. The third-order valence-electron chi connectivity index (χ3n) is 6.67. The van der Waals surface area contributed by atoms with Crippen molar-refractivity contribution in [2.45, 2.75) is 38.8 Å².